The van der Waals surface area contributed by atoms with Gasteiger partial charge in [0.05, 0.1) is 0 Å². The van der Waals surface area contributed by atoms with E-state index in [1.165, 1.54) is 4.68 Å². The molecule has 11 heavy (non-hydrogen) atoms. The first-order valence-electron chi connectivity index (χ1n) is 2.73. The second kappa shape index (κ2) is 4.56. The van der Waals surface area contributed by atoms with Gasteiger partial charge in [-0.05, 0) is 6.07 Å². The van der Waals surface area contributed by atoms with Crippen LogP contribution in [0.15, 0.2) is 18.5 Å². The molecule has 0 spiro atoms. The molecule has 0 atom stereocenters. The molecule has 1 heterocycles. The molecule has 5 nitrogen and oxygen atoms in total. The predicted molar refractivity (Wildman–Crippen MR) is 40.6 cm³/mol. The minimum absolute atomic E-state index is 0. The average molecular weight is 178 g/mol. The number of rotatable bonds is 2. The molecule has 0 saturated heterocycles. The van der Waals surface area contributed by atoms with Gasteiger partial charge in [0.2, 0.25) is 0 Å². The van der Waals surface area contributed by atoms with Crippen LogP contribution in [0.4, 0.5) is 4.79 Å². The Hall–Kier alpha value is -1.23. The van der Waals surface area contributed by atoms with E-state index in [1.807, 2.05) is 0 Å². The summed E-state index contributed by atoms with van der Waals surface area (Å²) < 4.78 is 1.48. The van der Waals surface area contributed by atoms with Crippen molar-refractivity contribution in [1.82, 2.24) is 15.1 Å². The molecule has 0 aromatic carbocycles. The van der Waals surface area contributed by atoms with Crippen LogP contribution in [0.3, 0.4) is 0 Å². The lowest BCUT2D eigenvalue weighted by atomic mass is 10.7. The van der Waals surface area contributed by atoms with E-state index in [2.05, 4.69) is 10.4 Å². The molecule has 1 amide bonds. The van der Waals surface area contributed by atoms with Crippen molar-refractivity contribution in [3.8, 4) is 0 Å². The van der Waals surface area contributed by atoms with Crippen LogP contribution in [0.2, 0.25) is 0 Å². The number of carboxylic acid groups (broad SMARTS) is 1. The van der Waals surface area contributed by atoms with Crippen molar-refractivity contribution in [1.29, 1.82) is 0 Å². The largest absolute Gasteiger partial charge is 0.465 e. The van der Waals surface area contributed by atoms with Crippen molar-refractivity contribution in [2.24, 2.45) is 0 Å². The Morgan fingerprint density at radius 2 is 2.45 bits per heavy atom. The van der Waals surface area contributed by atoms with Crippen molar-refractivity contribution in [3.63, 3.8) is 0 Å². The number of nitrogens with one attached hydrogen (secondary N) is 1. The van der Waals surface area contributed by atoms with Gasteiger partial charge < -0.3 is 10.4 Å². The maximum Gasteiger partial charge on any atom is 0.406 e. The maximum atomic E-state index is 9.94. The number of hydrogen-bond acceptors (Lipinski definition) is 2. The molecule has 0 aliphatic rings. The van der Waals surface area contributed by atoms with Gasteiger partial charge in [-0.3, -0.25) is 4.68 Å². The van der Waals surface area contributed by atoms with Crippen LogP contribution in [0.25, 0.3) is 0 Å². The van der Waals surface area contributed by atoms with Crippen LogP contribution in [-0.2, 0) is 6.67 Å². The SMILES string of the molecule is Cl.O=C(O)NCn1cccn1. The molecule has 0 unspecified atom stereocenters. The molecule has 62 valence electrons. The summed E-state index contributed by atoms with van der Waals surface area (Å²) in [5.74, 6) is 0. The number of nitrogens with zero attached hydrogens (tertiary/aromatic N) is 2. The molecule has 0 aliphatic carbocycles. The van der Waals surface area contributed by atoms with Gasteiger partial charge in [-0.25, -0.2) is 4.79 Å². The molecule has 1 aromatic rings. The van der Waals surface area contributed by atoms with Crippen LogP contribution in [0.5, 0.6) is 0 Å². The number of amides is 1. The first-order chi connectivity index (χ1) is 4.79. The fourth-order valence-corrected chi connectivity index (χ4v) is 0.543. The van der Waals surface area contributed by atoms with Gasteiger partial charge in [-0.2, -0.15) is 5.10 Å². The summed E-state index contributed by atoms with van der Waals surface area (Å²) in [4.78, 5) is 9.94. The summed E-state index contributed by atoms with van der Waals surface area (Å²) in [5.41, 5.74) is 0. The second-order valence-electron chi connectivity index (χ2n) is 1.69. The second-order valence-corrected chi connectivity index (χ2v) is 1.69. The molecule has 0 aliphatic heterocycles. The van der Waals surface area contributed by atoms with Gasteiger partial charge in [-0.15, -0.1) is 12.4 Å². The summed E-state index contributed by atoms with van der Waals surface area (Å²) in [6, 6.07) is 1.73. The molecule has 0 fully saturated rings. The first-order valence-corrected chi connectivity index (χ1v) is 2.73. The van der Waals surface area contributed by atoms with Crippen LogP contribution < -0.4 is 5.32 Å². The van der Waals surface area contributed by atoms with Gasteiger partial charge in [0, 0.05) is 12.4 Å². The lowest BCUT2D eigenvalue weighted by Gasteiger charge is -1.98. The lowest BCUT2D eigenvalue weighted by molar-refractivity contribution is 0.190. The maximum absolute atomic E-state index is 9.94. The molecule has 6 heteroatoms. The fraction of sp³-hybridized carbons (Fsp3) is 0.200. The van der Waals surface area contributed by atoms with E-state index in [0.717, 1.165) is 0 Å². The monoisotopic (exact) mass is 177 g/mol. The van der Waals surface area contributed by atoms with E-state index < -0.39 is 6.09 Å². The number of aromatic nitrogens is 2. The molecule has 0 radical (unpaired) electrons. The van der Waals surface area contributed by atoms with Crippen LogP contribution in [-0.4, -0.2) is 21.0 Å². The Morgan fingerprint density at radius 1 is 1.73 bits per heavy atom. The predicted octanol–water partition coefficient (Wildman–Crippen LogP) is 0.530. The molecule has 0 saturated carbocycles. The number of hydrogen-bond donors (Lipinski definition) is 2. The average Bonchev–Trinajstić information content (AvgIpc) is 2.34. The van der Waals surface area contributed by atoms with E-state index in [1.54, 1.807) is 18.5 Å². The molecule has 0 bridgehead atoms. The van der Waals surface area contributed by atoms with Crippen molar-refractivity contribution < 1.29 is 9.90 Å². The summed E-state index contributed by atoms with van der Waals surface area (Å²) in [5, 5.41) is 14.1. The Kier molecular flexibility index (Phi) is 4.05. The van der Waals surface area contributed by atoms with Crippen molar-refractivity contribution in [2.75, 3.05) is 0 Å². The van der Waals surface area contributed by atoms with Gasteiger partial charge in [-0.1, -0.05) is 0 Å². The summed E-state index contributed by atoms with van der Waals surface area (Å²) in [6.07, 6.45) is 2.22. The van der Waals surface area contributed by atoms with E-state index in [4.69, 9.17) is 5.11 Å². The van der Waals surface area contributed by atoms with E-state index in [0.29, 0.717) is 0 Å². The van der Waals surface area contributed by atoms with Gasteiger partial charge in [0.1, 0.15) is 6.67 Å². The minimum atomic E-state index is -1.05. The van der Waals surface area contributed by atoms with Crippen LogP contribution >= 0.6 is 12.4 Å². The fourth-order valence-electron chi connectivity index (χ4n) is 0.543. The smallest absolute Gasteiger partial charge is 0.406 e. The third kappa shape index (κ3) is 3.47. The van der Waals surface area contributed by atoms with E-state index in [-0.39, 0.29) is 19.1 Å². The van der Waals surface area contributed by atoms with E-state index >= 15 is 0 Å². The highest BCUT2D eigenvalue weighted by Gasteiger charge is 1.92. The standard InChI is InChI=1S/C5H7N3O2.ClH/c9-5(10)6-4-8-3-1-2-7-8;/h1-3,6H,4H2,(H,9,10);1H. The Morgan fingerprint density at radius 3 is 2.91 bits per heavy atom. The zero-order valence-electron chi connectivity index (χ0n) is 5.60. The van der Waals surface area contributed by atoms with Crippen molar-refractivity contribution >= 4 is 18.5 Å². The molecule has 1 aromatic heterocycles. The Labute approximate surface area is 69.4 Å². The van der Waals surface area contributed by atoms with E-state index in [9.17, 15) is 4.79 Å². The minimum Gasteiger partial charge on any atom is -0.465 e. The Balaban J connectivity index is 0.000001000. The lowest BCUT2D eigenvalue weighted by Crippen LogP contribution is -2.24. The summed E-state index contributed by atoms with van der Waals surface area (Å²) >= 11 is 0. The highest BCUT2D eigenvalue weighted by Crippen LogP contribution is 1.80. The topological polar surface area (TPSA) is 67.2 Å². The quantitative estimate of drug-likeness (QED) is 0.693. The molecule has 1 rings (SSSR count). The summed E-state index contributed by atoms with van der Waals surface area (Å²) in [7, 11) is 0. The summed E-state index contributed by atoms with van der Waals surface area (Å²) in [6.45, 7) is 0.197. The first kappa shape index (κ1) is 9.77. The van der Waals surface area contributed by atoms with Gasteiger partial charge in [0.15, 0.2) is 0 Å². The van der Waals surface area contributed by atoms with Crippen LogP contribution in [0.1, 0.15) is 0 Å². The highest BCUT2D eigenvalue weighted by molar-refractivity contribution is 5.85. The molecule has 2 N–H and O–H groups in total. The molecular formula is C5H8ClN3O2. The van der Waals surface area contributed by atoms with Crippen molar-refractivity contribution in [3.05, 3.63) is 18.5 Å². The number of carbonyl (C=O) groups is 1. The van der Waals surface area contributed by atoms with Crippen molar-refractivity contribution in [2.45, 2.75) is 6.67 Å². The highest BCUT2D eigenvalue weighted by atomic mass is 35.5. The Bertz CT molecular complexity index is 212. The zero-order valence-corrected chi connectivity index (χ0v) is 6.41. The zero-order chi connectivity index (χ0) is 7.40. The van der Waals surface area contributed by atoms with Crippen LogP contribution in [0, 0.1) is 0 Å². The normalized spacial score (nSPS) is 8.36. The number of halogens is 1. The third-order valence-corrected chi connectivity index (χ3v) is 0.951. The van der Waals surface area contributed by atoms with Gasteiger partial charge >= 0.3 is 6.09 Å². The molecular weight excluding hydrogens is 170 g/mol. The van der Waals surface area contributed by atoms with Gasteiger partial charge in [0.25, 0.3) is 0 Å². The third-order valence-electron chi connectivity index (χ3n) is 0.951.